The van der Waals surface area contributed by atoms with Gasteiger partial charge in [0.1, 0.15) is 11.4 Å². The second-order valence-corrected chi connectivity index (χ2v) is 7.71. The molecule has 0 bridgehead atoms. The van der Waals surface area contributed by atoms with Crippen LogP contribution in [0.2, 0.25) is 10.0 Å². The second-order valence-electron chi connectivity index (χ2n) is 5.72. The Hall–Kier alpha value is -1.69. The first-order chi connectivity index (χ1) is 12.5. The third-order valence-corrected chi connectivity index (χ3v) is 5.87. The van der Waals surface area contributed by atoms with Crippen molar-refractivity contribution in [2.24, 2.45) is 0 Å². The van der Waals surface area contributed by atoms with Crippen molar-refractivity contribution in [1.82, 2.24) is 4.90 Å². The fraction of sp³-hybridized carbons (Fsp3) is 0.263. The number of esters is 1. The third-order valence-electron chi connectivity index (χ3n) is 4.04. The van der Waals surface area contributed by atoms with E-state index in [4.69, 9.17) is 27.9 Å². The molecule has 1 saturated heterocycles. The van der Waals surface area contributed by atoms with Crippen molar-refractivity contribution in [3.8, 4) is 0 Å². The lowest BCUT2D eigenvalue weighted by molar-refractivity contribution is -0.147. The number of carbonyl (C=O) groups is 2. The maximum atomic E-state index is 13.2. The van der Waals surface area contributed by atoms with E-state index in [0.29, 0.717) is 21.4 Å². The molecule has 2 atom stereocenters. The molecule has 2 aromatic rings. The summed E-state index contributed by atoms with van der Waals surface area (Å²) in [7, 11) is 0. The first-order valence-corrected chi connectivity index (χ1v) is 9.93. The lowest BCUT2D eigenvalue weighted by Gasteiger charge is -2.28. The highest BCUT2D eigenvalue weighted by Crippen LogP contribution is 2.42. The number of carbonyl (C=O) groups excluding carboxylic acids is 2. The average Bonchev–Trinajstić information content (AvgIpc) is 3.07. The molecule has 1 heterocycles. The van der Waals surface area contributed by atoms with Gasteiger partial charge in [0.15, 0.2) is 0 Å². The Kier molecular flexibility index (Phi) is 6.12. The Morgan fingerprint density at radius 2 is 1.65 bits per heavy atom. The van der Waals surface area contributed by atoms with Gasteiger partial charge >= 0.3 is 5.97 Å². The van der Waals surface area contributed by atoms with E-state index in [-0.39, 0.29) is 17.9 Å². The SMILES string of the molecule is CCOC(=O)C1CSC(c2ccc(Cl)cc2)N1C(=O)c1ccc(Cl)cc1. The molecule has 0 radical (unpaired) electrons. The highest BCUT2D eigenvalue weighted by atomic mass is 35.5. The number of hydrogen-bond acceptors (Lipinski definition) is 4. The van der Waals surface area contributed by atoms with Crippen LogP contribution in [0.3, 0.4) is 0 Å². The minimum atomic E-state index is -0.635. The summed E-state index contributed by atoms with van der Waals surface area (Å²) in [5, 5.41) is 0.882. The number of thioether (sulfide) groups is 1. The molecular weight excluding hydrogens is 393 g/mol. The quantitative estimate of drug-likeness (QED) is 0.679. The molecule has 0 N–H and O–H groups in total. The molecule has 3 rings (SSSR count). The van der Waals surface area contributed by atoms with Crippen molar-refractivity contribution in [2.45, 2.75) is 18.3 Å². The first-order valence-electron chi connectivity index (χ1n) is 8.13. The van der Waals surface area contributed by atoms with Gasteiger partial charge in [-0.1, -0.05) is 35.3 Å². The van der Waals surface area contributed by atoms with Crippen LogP contribution in [0, 0.1) is 0 Å². The molecule has 1 amide bonds. The monoisotopic (exact) mass is 409 g/mol. The molecule has 0 aliphatic carbocycles. The van der Waals surface area contributed by atoms with Crippen LogP contribution in [0.5, 0.6) is 0 Å². The molecule has 1 fully saturated rings. The highest BCUT2D eigenvalue weighted by molar-refractivity contribution is 7.99. The van der Waals surface area contributed by atoms with Gasteiger partial charge in [-0.2, -0.15) is 0 Å². The van der Waals surface area contributed by atoms with Crippen molar-refractivity contribution in [3.05, 3.63) is 69.7 Å². The number of hydrogen-bond donors (Lipinski definition) is 0. The van der Waals surface area contributed by atoms with Crippen LogP contribution in [0.1, 0.15) is 28.2 Å². The van der Waals surface area contributed by atoms with Gasteiger partial charge in [0.2, 0.25) is 0 Å². The van der Waals surface area contributed by atoms with Crippen LogP contribution in [0.4, 0.5) is 0 Å². The fourth-order valence-electron chi connectivity index (χ4n) is 2.80. The van der Waals surface area contributed by atoms with Crippen molar-refractivity contribution < 1.29 is 14.3 Å². The van der Waals surface area contributed by atoms with E-state index >= 15 is 0 Å². The molecule has 1 aliphatic heterocycles. The molecule has 26 heavy (non-hydrogen) atoms. The van der Waals surface area contributed by atoms with E-state index in [1.165, 1.54) is 11.8 Å². The molecule has 2 aromatic carbocycles. The van der Waals surface area contributed by atoms with Crippen molar-refractivity contribution >= 4 is 46.8 Å². The molecule has 2 unspecified atom stereocenters. The van der Waals surface area contributed by atoms with Crippen molar-refractivity contribution in [2.75, 3.05) is 12.4 Å². The Labute approximate surface area is 166 Å². The summed E-state index contributed by atoms with van der Waals surface area (Å²) < 4.78 is 5.18. The number of amides is 1. The molecule has 4 nitrogen and oxygen atoms in total. The normalized spacial score (nSPS) is 19.4. The summed E-state index contributed by atoms with van der Waals surface area (Å²) in [6.45, 7) is 2.02. The highest BCUT2D eigenvalue weighted by Gasteiger charge is 2.43. The maximum absolute atomic E-state index is 13.2. The summed E-state index contributed by atoms with van der Waals surface area (Å²) in [5.74, 6) is -0.144. The molecule has 0 saturated carbocycles. The van der Waals surface area contributed by atoms with E-state index in [1.807, 2.05) is 12.1 Å². The Morgan fingerprint density at radius 1 is 1.08 bits per heavy atom. The van der Waals surface area contributed by atoms with Gasteiger partial charge in [-0.25, -0.2) is 4.79 Å². The predicted molar refractivity (Wildman–Crippen MR) is 105 cm³/mol. The summed E-state index contributed by atoms with van der Waals surface area (Å²) in [5.41, 5.74) is 1.39. The van der Waals surface area contributed by atoms with Crippen molar-refractivity contribution in [3.63, 3.8) is 0 Å². The minimum absolute atomic E-state index is 0.232. The van der Waals surface area contributed by atoms with E-state index in [9.17, 15) is 9.59 Å². The van der Waals surface area contributed by atoms with Crippen LogP contribution in [-0.4, -0.2) is 35.2 Å². The van der Waals surface area contributed by atoms with Crippen LogP contribution in [-0.2, 0) is 9.53 Å². The zero-order valence-electron chi connectivity index (χ0n) is 14.0. The summed E-state index contributed by atoms with van der Waals surface area (Å²) >= 11 is 13.4. The van der Waals surface area contributed by atoms with Gasteiger partial charge in [0.05, 0.1) is 6.61 Å². The fourth-order valence-corrected chi connectivity index (χ4v) is 4.47. The molecule has 0 aromatic heterocycles. The minimum Gasteiger partial charge on any atom is -0.464 e. The van der Waals surface area contributed by atoms with Gasteiger partial charge < -0.3 is 9.64 Å². The largest absolute Gasteiger partial charge is 0.464 e. The number of nitrogens with zero attached hydrogens (tertiary/aromatic N) is 1. The lowest BCUT2D eigenvalue weighted by Crippen LogP contribution is -2.43. The number of ether oxygens (including phenoxy) is 1. The second kappa shape index (κ2) is 8.33. The van der Waals surface area contributed by atoms with Crippen LogP contribution < -0.4 is 0 Å². The first kappa shape index (κ1) is 19.1. The predicted octanol–water partition coefficient (Wildman–Crippen LogP) is 4.81. The van der Waals surface area contributed by atoms with Gasteiger partial charge in [-0.3, -0.25) is 4.79 Å². The standard InChI is InChI=1S/C19H17Cl2NO3S/c1-2-25-19(24)16-11-26-18(13-5-9-15(21)10-6-13)22(16)17(23)12-3-7-14(20)8-4-12/h3-10,16,18H,2,11H2,1H3. The van der Waals surface area contributed by atoms with E-state index in [2.05, 4.69) is 0 Å². The van der Waals surface area contributed by atoms with Gasteiger partial charge in [0.25, 0.3) is 5.91 Å². The van der Waals surface area contributed by atoms with Crippen LogP contribution in [0.15, 0.2) is 48.5 Å². The zero-order valence-corrected chi connectivity index (χ0v) is 16.4. The number of halogens is 2. The average molecular weight is 410 g/mol. The van der Waals surface area contributed by atoms with Crippen LogP contribution >= 0.6 is 35.0 Å². The summed E-state index contributed by atoms with van der Waals surface area (Å²) in [6.07, 6.45) is 0. The summed E-state index contributed by atoms with van der Waals surface area (Å²) in [4.78, 5) is 27.2. The third kappa shape index (κ3) is 4.00. The van der Waals surface area contributed by atoms with Gasteiger partial charge in [0, 0.05) is 21.4 Å². The summed E-state index contributed by atoms with van der Waals surface area (Å²) in [6, 6.07) is 13.3. The maximum Gasteiger partial charge on any atom is 0.329 e. The van der Waals surface area contributed by atoms with E-state index < -0.39 is 12.0 Å². The van der Waals surface area contributed by atoms with Crippen molar-refractivity contribution in [1.29, 1.82) is 0 Å². The Balaban J connectivity index is 1.96. The zero-order chi connectivity index (χ0) is 18.7. The Bertz CT molecular complexity index is 795. The van der Waals surface area contributed by atoms with Gasteiger partial charge in [-0.05, 0) is 48.9 Å². The molecule has 136 valence electrons. The lowest BCUT2D eigenvalue weighted by atomic mass is 10.1. The van der Waals surface area contributed by atoms with E-state index in [1.54, 1.807) is 48.2 Å². The molecular formula is C19H17Cl2NO3S. The number of benzene rings is 2. The molecule has 7 heteroatoms. The number of rotatable bonds is 4. The molecule has 1 aliphatic rings. The van der Waals surface area contributed by atoms with E-state index in [0.717, 1.165) is 5.56 Å². The van der Waals surface area contributed by atoms with Crippen LogP contribution in [0.25, 0.3) is 0 Å². The smallest absolute Gasteiger partial charge is 0.329 e. The van der Waals surface area contributed by atoms with Gasteiger partial charge in [-0.15, -0.1) is 11.8 Å². The topological polar surface area (TPSA) is 46.6 Å². The molecule has 0 spiro atoms. The Morgan fingerprint density at radius 3 is 2.23 bits per heavy atom.